The largest absolute Gasteiger partial charge is 0.325 e. The Kier molecular flexibility index (Phi) is 6.08. The van der Waals surface area contributed by atoms with Gasteiger partial charge in [0.05, 0.1) is 13.8 Å². The van der Waals surface area contributed by atoms with E-state index in [-0.39, 0.29) is 10.3 Å². The van der Waals surface area contributed by atoms with E-state index in [1.165, 1.54) is 16.8 Å². The quantitative estimate of drug-likeness (QED) is 0.322. The Hall–Kier alpha value is -1.14. The van der Waals surface area contributed by atoms with Crippen molar-refractivity contribution in [3.63, 3.8) is 0 Å². The molecule has 0 aliphatic carbocycles. The van der Waals surface area contributed by atoms with E-state index in [1.54, 1.807) is 0 Å². The van der Waals surface area contributed by atoms with E-state index >= 15 is 0 Å². The monoisotopic (exact) mass is 372 g/mol. The number of nitrogens with zero attached hydrogens (tertiary/aromatic N) is 2. The first-order valence-corrected chi connectivity index (χ1v) is 11.1. The minimum absolute atomic E-state index is 0.222. The zero-order valence-electron chi connectivity index (χ0n) is 18.4. The van der Waals surface area contributed by atoms with Crippen LogP contribution in [0.4, 0.5) is 0 Å². The van der Waals surface area contributed by atoms with Crippen LogP contribution in [-0.4, -0.2) is 14.6 Å². The van der Waals surface area contributed by atoms with Crippen molar-refractivity contribution < 1.29 is 4.57 Å². The van der Waals surface area contributed by atoms with Crippen molar-refractivity contribution in [2.75, 3.05) is 0 Å². The Morgan fingerprint density at radius 3 is 1.73 bits per heavy atom. The molecule has 1 aromatic heterocycles. The van der Waals surface area contributed by atoms with Gasteiger partial charge in [-0.25, -0.2) is 0 Å². The second-order valence-electron chi connectivity index (χ2n) is 9.86. The molecule has 0 unspecified atom stereocenters. The van der Waals surface area contributed by atoms with Gasteiger partial charge in [0, 0.05) is 22.7 Å². The molecule has 0 N–H and O–H groups in total. The summed E-state index contributed by atoms with van der Waals surface area (Å²) in [5, 5.41) is 0.443. The average molecular weight is 373 g/mol. The highest BCUT2D eigenvalue weighted by Crippen LogP contribution is 2.59. The van der Waals surface area contributed by atoms with Crippen LogP contribution in [0.15, 0.2) is 30.6 Å². The minimum Gasteiger partial charge on any atom is -0.325 e. The van der Waals surface area contributed by atoms with Crippen LogP contribution in [0.25, 0.3) is 5.69 Å². The first-order valence-electron chi connectivity index (χ1n) is 9.80. The number of benzene rings is 1. The predicted molar refractivity (Wildman–Crippen MR) is 115 cm³/mol. The van der Waals surface area contributed by atoms with Gasteiger partial charge in [-0.2, -0.15) is 0 Å². The molecular formula is C23H37N2P. The van der Waals surface area contributed by atoms with Crippen molar-refractivity contribution in [3.05, 3.63) is 48.0 Å². The molecule has 144 valence electrons. The van der Waals surface area contributed by atoms with Crippen LogP contribution in [0, 0.1) is 6.33 Å². The summed E-state index contributed by atoms with van der Waals surface area (Å²) in [4.78, 5) is 0. The van der Waals surface area contributed by atoms with E-state index in [2.05, 4.69) is 115 Å². The van der Waals surface area contributed by atoms with Gasteiger partial charge in [0.25, 0.3) is 0 Å². The smallest absolute Gasteiger partial charge is 0.245 e. The van der Waals surface area contributed by atoms with Crippen molar-refractivity contribution in [1.29, 1.82) is 0 Å². The summed E-state index contributed by atoms with van der Waals surface area (Å²) in [6.07, 6.45) is 8.12. The van der Waals surface area contributed by atoms with Gasteiger partial charge in [-0.15, -0.1) is 0 Å². The zero-order valence-corrected chi connectivity index (χ0v) is 19.3. The Morgan fingerprint density at radius 2 is 1.35 bits per heavy atom. The summed E-state index contributed by atoms with van der Waals surface area (Å²) < 4.78 is 4.59. The van der Waals surface area contributed by atoms with Gasteiger partial charge in [0.15, 0.2) is 0 Å². The first kappa shape index (κ1) is 21.2. The number of rotatable bonds is 4. The van der Waals surface area contributed by atoms with E-state index < -0.39 is 8.07 Å². The predicted octanol–water partition coefficient (Wildman–Crippen LogP) is 6.65. The van der Waals surface area contributed by atoms with Gasteiger partial charge in [-0.1, -0.05) is 87.4 Å². The van der Waals surface area contributed by atoms with Crippen molar-refractivity contribution >= 4 is 8.07 Å². The summed E-state index contributed by atoms with van der Waals surface area (Å²) >= 11 is 0. The van der Waals surface area contributed by atoms with E-state index in [4.69, 9.17) is 0 Å². The molecular weight excluding hydrogens is 335 g/mol. The third-order valence-corrected chi connectivity index (χ3v) is 7.83. The van der Waals surface area contributed by atoms with Gasteiger partial charge in [-0.3, -0.25) is 0 Å². The van der Waals surface area contributed by atoms with Crippen LogP contribution in [0.3, 0.4) is 0 Å². The molecule has 2 rings (SSSR count). The SMILES string of the molecule is CC(C)c1cccc(C(C)C)c1-[n+]1[c-]n(P(C(C)(C)C)C(C)(C)C)cc1. The van der Waals surface area contributed by atoms with Gasteiger partial charge < -0.3 is 8.90 Å². The zero-order chi connectivity index (χ0) is 19.9. The number of hydrogen-bond donors (Lipinski definition) is 0. The third-order valence-electron chi connectivity index (χ3n) is 4.64. The minimum atomic E-state index is -0.417. The fourth-order valence-corrected chi connectivity index (χ4v) is 7.67. The maximum Gasteiger partial charge on any atom is 0.245 e. The number of para-hydroxylation sites is 1. The van der Waals surface area contributed by atoms with E-state index in [0.717, 1.165) is 0 Å². The molecule has 0 saturated carbocycles. The van der Waals surface area contributed by atoms with Crippen LogP contribution in [0.2, 0.25) is 0 Å². The van der Waals surface area contributed by atoms with Crippen molar-refractivity contribution in [2.45, 2.75) is 91.4 Å². The molecule has 2 nitrogen and oxygen atoms in total. The maximum absolute atomic E-state index is 3.70. The lowest BCUT2D eigenvalue weighted by Gasteiger charge is -2.38. The van der Waals surface area contributed by atoms with Gasteiger partial charge >= 0.3 is 0 Å². The molecule has 1 aromatic carbocycles. The second kappa shape index (κ2) is 7.47. The molecule has 1 heterocycles. The third kappa shape index (κ3) is 4.39. The van der Waals surface area contributed by atoms with Crippen molar-refractivity contribution in [2.24, 2.45) is 0 Å². The number of aromatic nitrogens is 2. The molecule has 0 spiro atoms. The summed E-state index contributed by atoms with van der Waals surface area (Å²) in [6, 6.07) is 6.73. The lowest BCUT2D eigenvalue weighted by atomic mass is 9.92. The standard InChI is InChI=1S/C23H37N2P/c1-17(2)19-12-11-13-20(18(3)4)21(19)24-14-15-25(16-24)26(22(5,6)7)23(8,9)10/h11-15,17-18H,1-10H3. The molecule has 0 fully saturated rings. The normalized spacial score (nSPS) is 13.3. The number of imidazole rings is 1. The van der Waals surface area contributed by atoms with E-state index in [0.29, 0.717) is 11.8 Å². The molecule has 0 aliphatic rings. The lowest BCUT2D eigenvalue weighted by Crippen LogP contribution is -2.34. The van der Waals surface area contributed by atoms with Gasteiger partial charge in [-0.05, 0) is 23.0 Å². The molecule has 0 saturated heterocycles. The molecule has 0 radical (unpaired) electrons. The topological polar surface area (TPSA) is 8.81 Å². The van der Waals surface area contributed by atoms with Crippen molar-refractivity contribution in [1.82, 2.24) is 4.34 Å². The summed E-state index contributed by atoms with van der Waals surface area (Å²) in [5.41, 5.74) is 4.10. The summed E-state index contributed by atoms with van der Waals surface area (Å²) in [6.45, 7) is 23.2. The average Bonchev–Trinajstić information content (AvgIpc) is 2.91. The Labute approximate surface area is 162 Å². The highest BCUT2D eigenvalue weighted by molar-refractivity contribution is 7.59. The molecule has 0 amide bonds. The Bertz CT molecular complexity index is 702. The number of hydrogen-bond acceptors (Lipinski definition) is 0. The van der Waals surface area contributed by atoms with Crippen molar-refractivity contribution in [3.8, 4) is 5.69 Å². The fourth-order valence-electron chi connectivity index (χ4n) is 3.99. The molecule has 0 bridgehead atoms. The molecule has 0 atom stereocenters. The summed E-state index contributed by atoms with van der Waals surface area (Å²) in [7, 11) is -0.417. The highest BCUT2D eigenvalue weighted by Gasteiger charge is 2.39. The molecule has 3 heteroatoms. The Morgan fingerprint density at radius 1 is 0.885 bits per heavy atom. The molecule has 26 heavy (non-hydrogen) atoms. The van der Waals surface area contributed by atoms with Crippen LogP contribution in [-0.2, 0) is 0 Å². The van der Waals surface area contributed by atoms with Crippen LogP contribution in [0.5, 0.6) is 0 Å². The van der Waals surface area contributed by atoms with Gasteiger partial charge in [0.2, 0.25) is 6.33 Å². The van der Waals surface area contributed by atoms with Crippen LogP contribution in [0.1, 0.15) is 92.2 Å². The highest BCUT2D eigenvalue weighted by atomic mass is 31.1. The first-order chi connectivity index (χ1) is 11.8. The van der Waals surface area contributed by atoms with Gasteiger partial charge in [0.1, 0.15) is 0 Å². The van der Waals surface area contributed by atoms with Crippen LogP contribution < -0.4 is 4.57 Å². The molecule has 0 aliphatic heterocycles. The Balaban J connectivity index is 2.64. The molecule has 2 aromatic rings. The lowest BCUT2D eigenvalue weighted by molar-refractivity contribution is -0.600. The van der Waals surface area contributed by atoms with E-state index in [1.807, 2.05) is 0 Å². The second-order valence-corrected chi connectivity index (χ2v) is 13.6. The maximum atomic E-state index is 3.70. The fraction of sp³-hybridized carbons (Fsp3) is 0.609. The summed E-state index contributed by atoms with van der Waals surface area (Å²) in [5.74, 6) is 0.972. The van der Waals surface area contributed by atoms with E-state index in [9.17, 15) is 0 Å². The van der Waals surface area contributed by atoms with Crippen LogP contribution >= 0.6 is 8.07 Å².